The van der Waals surface area contributed by atoms with Crippen LogP contribution in [0.25, 0.3) is 0 Å². The number of cyclic esters (lactones) is 4. The summed E-state index contributed by atoms with van der Waals surface area (Å²) in [7, 11) is 0. The fourth-order valence-electron chi connectivity index (χ4n) is 2.66. The Labute approximate surface area is 83.5 Å². The monoisotopic (exact) mass is 210 g/mol. The van der Waals surface area contributed by atoms with E-state index in [9.17, 15) is 19.2 Å². The molecule has 0 N–H and O–H groups in total. The Bertz CT molecular complexity index is 373. The van der Waals surface area contributed by atoms with Gasteiger partial charge < -0.3 is 9.47 Å². The normalized spacial score (nSPS) is 42.7. The van der Waals surface area contributed by atoms with Gasteiger partial charge in [0.2, 0.25) is 0 Å². The Hall–Kier alpha value is -1.72. The predicted molar refractivity (Wildman–Crippen MR) is 40.8 cm³/mol. The number of carbonyl (C=O) groups excluding carboxylic acids is 4. The number of ether oxygens (including phenoxy) is 2. The van der Waals surface area contributed by atoms with Crippen LogP contribution in [-0.4, -0.2) is 23.9 Å². The first kappa shape index (κ1) is 8.58. The number of hydrogen-bond acceptors (Lipinski definition) is 6. The van der Waals surface area contributed by atoms with E-state index in [1.807, 2.05) is 0 Å². The molecule has 6 heteroatoms. The van der Waals surface area contributed by atoms with Gasteiger partial charge in [-0.2, -0.15) is 0 Å². The van der Waals surface area contributed by atoms with E-state index in [1.165, 1.54) is 0 Å². The molecule has 6 nitrogen and oxygen atoms in total. The topological polar surface area (TPSA) is 86.7 Å². The number of carbonyl (C=O) groups is 4. The van der Waals surface area contributed by atoms with Crippen molar-refractivity contribution in [2.45, 2.75) is 6.42 Å². The Balaban J connectivity index is 2.03. The molecule has 4 unspecified atom stereocenters. The van der Waals surface area contributed by atoms with Crippen LogP contribution in [0, 0.1) is 23.7 Å². The molecule has 0 amide bonds. The molecule has 15 heavy (non-hydrogen) atoms. The zero-order valence-electron chi connectivity index (χ0n) is 7.47. The minimum Gasteiger partial charge on any atom is -0.393 e. The summed E-state index contributed by atoms with van der Waals surface area (Å²) in [5.74, 6) is -5.54. The molecule has 0 spiro atoms. The van der Waals surface area contributed by atoms with E-state index in [0.29, 0.717) is 0 Å². The van der Waals surface area contributed by atoms with Gasteiger partial charge in [-0.25, -0.2) is 0 Å². The van der Waals surface area contributed by atoms with Crippen molar-refractivity contribution >= 4 is 23.9 Å². The molecule has 3 rings (SSSR count). The van der Waals surface area contributed by atoms with Crippen molar-refractivity contribution < 1.29 is 28.7 Å². The third kappa shape index (κ3) is 0.886. The standard InChI is InChI=1S/C9H6O6/c10-6-2-1-3-5(4(2)8(12)14-6)9(13)15-7(3)11/h2-5H,1H2. The van der Waals surface area contributed by atoms with E-state index in [2.05, 4.69) is 9.47 Å². The Kier molecular flexibility index (Phi) is 1.40. The lowest BCUT2D eigenvalue weighted by atomic mass is 9.90. The van der Waals surface area contributed by atoms with Crippen LogP contribution in [-0.2, 0) is 28.7 Å². The van der Waals surface area contributed by atoms with Crippen LogP contribution in [0.3, 0.4) is 0 Å². The van der Waals surface area contributed by atoms with E-state index in [1.54, 1.807) is 0 Å². The number of fused-ring (bicyclic) bond motifs is 3. The van der Waals surface area contributed by atoms with Gasteiger partial charge >= 0.3 is 23.9 Å². The molecule has 0 aromatic rings. The molecule has 2 saturated heterocycles. The summed E-state index contributed by atoms with van der Waals surface area (Å²) in [5.41, 5.74) is 0. The molecular weight excluding hydrogens is 204 g/mol. The number of rotatable bonds is 0. The van der Waals surface area contributed by atoms with Gasteiger partial charge in [0.05, 0.1) is 23.7 Å². The fourth-order valence-corrected chi connectivity index (χ4v) is 2.66. The molecule has 78 valence electrons. The molecule has 0 aromatic carbocycles. The molecule has 1 aliphatic carbocycles. The molecular formula is C9H6O6. The number of esters is 4. The van der Waals surface area contributed by atoms with Gasteiger partial charge in [0.25, 0.3) is 0 Å². The largest absolute Gasteiger partial charge is 0.393 e. The van der Waals surface area contributed by atoms with Gasteiger partial charge in [0.1, 0.15) is 0 Å². The first-order valence-electron chi connectivity index (χ1n) is 4.60. The maximum atomic E-state index is 11.3. The summed E-state index contributed by atoms with van der Waals surface area (Å²) in [5, 5.41) is 0. The van der Waals surface area contributed by atoms with Crippen molar-refractivity contribution in [2.24, 2.45) is 23.7 Å². The average molecular weight is 210 g/mol. The van der Waals surface area contributed by atoms with Gasteiger partial charge in [-0.1, -0.05) is 0 Å². The molecule has 4 atom stereocenters. The van der Waals surface area contributed by atoms with Crippen LogP contribution in [0.2, 0.25) is 0 Å². The second-order valence-corrected chi connectivity index (χ2v) is 3.98. The van der Waals surface area contributed by atoms with Gasteiger partial charge in [0, 0.05) is 0 Å². The van der Waals surface area contributed by atoms with Gasteiger partial charge in [-0.05, 0) is 6.42 Å². The molecule has 3 fully saturated rings. The first-order chi connectivity index (χ1) is 7.09. The summed E-state index contributed by atoms with van der Waals surface area (Å²) < 4.78 is 8.85. The first-order valence-corrected chi connectivity index (χ1v) is 4.60. The van der Waals surface area contributed by atoms with E-state index >= 15 is 0 Å². The van der Waals surface area contributed by atoms with Crippen molar-refractivity contribution in [3.63, 3.8) is 0 Å². The molecule has 2 heterocycles. The number of hydrogen-bond donors (Lipinski definition) is 0. The smallest absolute Gasteiger partial charge is 0.318 e. The van der Waals surface area contributed by atoms with Crippen molar-refractivity contribution in [1.29, 1.82) is 0 Å². The van der Waals surface area contributed by atoms with Crippen LogP contribution >= 0.6 is 0 Å². The van der Waals surface area contributed by atoms with Crippen LogP contribution in [0.1, 0.15) is 6.42 Å². The van der Waals surface area contributed by atoms with Gasteiger partial charge in [-0.15, -0.1) is 0 Å². The third-order valence-electron chi connectivity index (χ3n) is 3.31. The fraction of sp³-hybridized carbons (Fsp3) is 0.556. The van der Waals surface area contributed by atoms with Crippen molar-refractivity contribution in [3.05, 3.63) is 0 Å². The molecule has 0 radical (unpaired) electrons. The summed E-state index contributed by atoms with van der Waals surface area (Å²) in [6, 6.07) is 0. The predicted octanol–water partition coefficient (Wildman–Crippen LogP) is -0.978. The highest BCUT2D eigenvalue weighted by Gasteiger charge is 2.64. The summed E-state index contributed by atoms with van der Waals surface area (Å²) in [4.78, 5) is 45.0. The molecule has 2 aliphatic heterocycles. The summed E-state index contributed by atoms with van der Waals surface area (Å²) >= 11 is 0. The van der Waals surface area contributed by atoms with Crippen molar-refractivity contribution in [1.82, 2.24) is 0 Å². The minimum absolute atomic E-state index is 0.185. The molecule has 0 aromatic heterocycles. The summed E-state index contributed by atoms with van der Waals surface area (Å²) in [6.45, 7) is 0. The zero-order chi connectivity index (χ0) is 10.7. The Morgan fingerprint density at radius 2 is 1.13 bits per heavy atom. The van der Waals surface area contributed by atoms with E-state index in [4.69, 9.17) is 0 Å². The van der Waals surface area contributed by atoms with Crippen LogP contribution < -0.4 is 0 Å². The van der Waals surface area contributed by atoms with Crippen LogP contribution in [0.5, 0.6) is 0 Å². The molecule has 3 aliphatic rings. The second kappa shape index (κ2) is 2.44. The Morgan fingerprint density at radius 3 is 1.53 bits per heavy atom. The van der Waals surface area contributed by atoms with Gasteiger partial charge in [-0.3, -0.25) is 19.2 Å². The zero-order valence-corrected chi connectivity index (χ0v) is 7.47. The summed E-state index contributed by atoms with van der Waals surface area (Å²) in [6.07, 6.45) is 0.185. The van der Waals surface area contributed by atoms with E-state index in [-0.39, 0.29) is 6.42 Å². The maximum Gasteiger partial charge on any atom is 0.318 e. The average Bonchev–Trinajstić information content (AvgIpc) is 2.72. The van der Waals surface area contributed by atoms with E-state index < -0.39 is 47.5 Å². The second-order valence-electron chi connectivity index (χ2n) is 3.98. The maximum absolute atomic E-state index is 11.3. The minimum atomic E-state index is -0.804. The van der Waals surface area contributed by atoms with Crippen molar-refractivity contribution in [3.8, 4) is 0 Å². The van der Waals surface area contributed by atoms with Crippen LogP contribution in [0.15, 0.2) is 0 Å². The Morgan fingerprint density at radius 1 is 0.733 bits per heavy atom. The van der Waals surface area contributed by atoms with Crippen molar-refractivity contribution in [2.75, 3.05) is 0 Å². The lowest BCUT2D eigenvalue weighted by molar-refractivity contribution is -0.158. The van der Waals surface area contributed by atoms with E-state index in [0.717, 1.165) is 0 Å². The highest BCUT2D eigenvalue weighted by Crippen LogP contribution is 2.49. The quantitative estimate of drug-likeness (QED) is 0.377. The SMILES string of the molecule is O=C1OC(=O)C2C1CC1C(=O)OC(=O)C12. The molecule has 1 saturated carbocycles. The highest BCUT2D eigenvalue weighted by atomic mass is 16.6. The molecule has 0 bridgehead atoms. The lowest BCUT2D eigenvalue weighted by Gasteiger charge is -2.06. The lowest BCUT2D eigenvalue weighted by Crippen LogP contribution is -2.24. The van der Waals surface area contributed by atoms with Crippen LogP contribution in [0.4, 0.5) is 0 Å². The van der Waals surface area contributed by atoms with Gasteiger partial charge in [0.15, 0.2) is 0 Å². The highest BCUT2D eigenvalue weighted by molar-refractivity contribution is 6.05. The third-order valence-corrected chi connectivity index (χ3v) is 3.31.